The Morgan fingerprint density at radius 2 is 1.88 bits per heavy atom. The van der Waals surface area contributed by atoms with Crippen LogP contribution in [0.1, 0.15) is 12.0 Å². The first-order valence-corrected chi connectivity index (χ1v) is 8.66. The first-order valence-electron chi connectivity index (χ1n) is 8.66. The molecule has 2 aromatic carbocycles. The summed E-state index contributed by atoms with van der Waals surface area (Å²) in [5.74, 6) is 0.0191. The number of benzene rings is 2. The van der Waals surface area contributed by atoms with Gasteiger partial charge in [-0.15, -0.1) is 0 Å². The molecule has 0 aromatic heterocycles. The highest BCUT2D eigenvalue weighted by Gasteiger charge is 2.21. The van der Waals surface area contributed by atoms with Crippen molar-refractivity contribution in [3.63, 3.8) is 0 Å². The summed E-state index contributed by atoms with van der Waals surface area (Å²) in [6, 6.07) is 18.0. The second-order valence-corrected chi connectivity index (χ2v) is 6.60. The smallest absolute Gasteiger partial charge is 0.226 e. The van der Waals surface area contributed by atoms with E-state index < -0.39 is 6.10 Å². The van der Waals surface area contributed by atoms with Gasteiger partial charge in [0.25, 0.3) is 0 Å². The lowest BCUT2D eigenvalue weighted by Crippen LogP contribution is -2.39. The molecule has 2 aromatic rings. The van der Waals surface area contributed by atoms with Crippen LogP contribution in [0.15, 0.2) is 54.6 Å². The molecule has 0 spiro atoms. The van der Waals surface area contributed by atoms with Crippen molar-refractivity contribution >= 4 is 17.3 Å². The number of fused-ring (bicyclic) bond motifs is 1. The van der Waals surface area contributed by atoms with Gasteiger partial charge >= 0.3 is 0 Å². The second kappa shape index (κ2) is 8.14. The lowest BCUT2D eigenvalue weighted by Gasteiger charge is -2.28. The highest BCUT2D eigenvalue weighted by Crippen LogP contribution is 2.28. The molecule has 5 nitrogen and oxygen atoms in total. The SMILES string of the molecule is CN(Cc1ccccc1)CC(O)CN1CCC(=O)Nc2ccccc21. The number of aliphatic hydroxyl groups is 1. The summed E-state index contributed by atoms with van der Waals surface area (Å²) in [5.41, 5.74) is 3.01. The minimum absolute atomic E-state index is 0.0191. The number of nitrogens with zero attached hydrogens (tertiary/aromatic N) is 2. The van der Waals surface area contributed by atoms with E-state index in [4.69, 9.17) is 0 Å². The largest absolute Gasteiger partial charge is 0.390 e. The Kier molecular flexibility index (Phi) is 5.68. The van der Waals surface area contributed by atoms with Crippen molar-refractivity contribution in [3.05, 3.63) is 60.2 Å². The van der Waals surface area contributed by atoms with Crippen LogP contribution in [0.4, 0.5) is 11.4 Å². The molecule has 0 saturated carbocycles. The third kappa shape index (κ3) is 4.81. The third-order valence-electron chi connectivity index (χ3n) is 4.38. The Bertz CT molecular complexity index is 705. The molecule has 1 heterocycles. The summed E-state index contributed by atoms with van der Waals surface area (Å²) < 4.78 is 0. The lowest BCUT2D eigenvalue weighted by molar-refractivity contribution is -0.116. The molecule has 1 amide bonds. The normalized spacial score (nSPS) is 15.5. The summed E-state index contributed by atoms with van der Waals surface area (Å²) in [4.78, 5) is 16.1. The number of hydrogen-bond acceptors (Lipinski definition) is 4. The first kappa shape index (κ1) is 17.5. The third-order valence-corrected chi connectivity index (χ3v) is 4.38. The van der Waals surface area contributed by atoms with Gasteiger partial charge in [-0.2, -0.15) is 0 Å². The maximum absolute atomic E-state index is 11.8. The minimum atomic E-state index is -0.491. The second-order valence-electron chi connectivity index (χ2n) is 6.60. The molecule has 0 aliphatic carbocycles. The van der Waals surface area contributed by atoms with Gasteiger partial charge in [0.1, 0.15) is 0 Å². The fourth-order valence-corrected chi connectivity index (χ4v) is 3.25. The molecule has 1 aliphatic rings. The highest BCUT2D eigenvalue weighted by atomic mass is 16.3. The van der Waals surface area contributed by atoms with Crippen molar-refractivity contribution in [2.75, 3.05) is 36.9 Å². The van der Waals surface area contributed by atoms with Crippen LogP contribution in [0.25, 0.3) is 0 Å². The number of carbonyl (C=O) groups excluding carboxylic acids is 1. The maximum atomic E-state index is 11.8. The molecule has 3 rings (SSSR count). The minimum Gasteiger partial charge on any atom is -0.390 e. The molecule has 0 bridgehead atoms. The monoisotopic (exact) mass is 339 g/mol. The van der Waals surface area contributed by atoms with Gasteiger partial charge in [0.2, 0.25) is 5.91 Å². The number of para-hydroxylation sites is 2. The van der Waals surface area contributed by atoms with Gasteiger partial charge in [0, 0.05) is 32.6 Å². The van der Waals surface area contributed by atoms with Crippen LogP contribution in [-0.2, 0) is 11.3 Å². The van der Waals surface area contributed by atoms with E-state index in [1.807, 2.05) is 49.5 Å². The Morgan fingerprint density at radius 1 is 1.16 bits per heavy atom. The van der Waals surface area contributed by atoms with E-state index in [1.54, 1.807) is 0 Å². The predicted octanol–water partition coefficient (Wildman–Crippen LogP) is 2.33. The van der Waals surface area contributed by atoms with Crippen molar-refractivity contribution < 1.29 is 9.90 Å². The van der Waals surface area contributed by atoms with Gasteiger partial charge in [-0.3, -0.25) is 9.69 Å². The van der Waals surface area contributed by atoms with Gasteiger partial charge in [-0.05, 0) is 24.7 Å². The zero-order chi connectivity index (χ0) is 17.6. The van der Waals surface area contributed by atoms with Crippen molar-refractivity contribution in [3.8, 4) is 0 Å². The molecule has 0 fully saturated rings. The number of anilines is 2. The van der Waals surface area contributed by atoms with Crippen LogP contribution in [0.3, 0.4) is 0 Å². The van der Waals surface area contributed by atoms with Crippen LogP contribution in [-0.4, -0.2) is 48.7 Å². The van der Waals surface area contributed by atoms with Gasteiger partial charge in [0.15, 0.2) is 0 Å². The summed E-state index contributed by atoms with van der Waals surface area (Å²) in [5, 5.41) is 13.5. The number of β-amino-alcohol motifs (C(OH)–C–C–N with tert-alkyl or cyclic N) is 1. The van der Waals surface area contributed by atoms with Crippen molar-refractivity contribution in [2.24, 2.45) is 0 Å². The number of aliphatic hydroxyl groups excluding tert-OH is 1. The van der Waals surface area contributed by atoms with E-state index in [1.165, 1.54) is 5.56 Å². The number of likely N-dealkylation sites (N-methyl/N-ethyl adjacent to an activating group) is 1. The first-order chi connectivity index (χ1) is 12.1. The van der Waals surface area contributed by atoms with E-state index >= 15 is 0 Å². The van der Waals surface area contributed by atoms with Crippen molar-refractivity contribution in [1.29, 1.82) is 0 Å². The maximum Gasteiger partial charge on any atom is 0.226 e. The predicted molar refractivity (Wildman–Crippen MR) is 101 cm³/mol. The van der Waals surface area contributed by atoms with Crippen LogP contribution < -0.4 is 10.2 Å². The van der Waals surface area contributed by atoms with Gasteiger partial charge in [-0.25, -0.2) is 0 Å². The van der Waals surface area contributed by atoms with Crippen LogP contribution in [0.5, 0.6) is 0 Å². The number of amides is 1. The number of hydrogen-bond donors (Lipinski definition) is 2. The van der Waals surface area contributed by atoms with Crippen molar-refractivity contribution in [2.45, 2.75) is 19.1 Å². The summed E-state index contributed by atoms with van der Waals surface area (Å²) >= 11 is 0. The summed E-state index contributed by atoms with van der Waals surface area (Å²) in [6.45, 7) is 2.50. The number of nitrogens with one attached hydrogen (secondary N) is 1. The molecule has 1 atom stereocenters. The quantitative estimate of drug-likeness (QED) is 0.848. The summed E-state index contributed by atoms with van der Waals surface area (Å²) in [7, 11) is 2.01. The molecule has 1 unspecified atom stereocenters. The van der Waals surface area contributed by atoms with Gasteiger partial charge in [0.05, 0.1) is 17.5 Å². The molecule has 0 radical (unpaired) electrons. The molecule has 25 heavy (non-hydrogen) atoms. The van der Waals surface area contributed by atoms with Crippen LogP contribution in [0, 0.1) is 0 Å². The Morgan fingerprint density at radius 3 is 2.68 bits per heavy atom. The standard InChI is InChI=1S/C20H25N3O2/c1-22(13-16-7-3-2-4-8-16)14-17(24)15-23-12-11-20(25)21-18-9-5-6-10-19(18)23/h2-10,17,24H,11-15H2,1H3,(H,21,25). The van der Waals surface area contributed by atoms with Crippen LogP contribution >= 0.6 is 0 Å². The topological polar surface area (TPSA) is 55.8 Å². The number of rotatable bonds is 6. The molecule has 132 valence electrons. The highest BCUT2D eigenvalue weighted by molar-refractivity contribution is 5.96. The van der Waals surface area contributed by atoms with Crippen molar-refractivity contribution in [1.82, 2.24) is 4.90 Å². The summed E-state index contributed by atoms with van der Waals surface area (Å²) in [6.07, 6.45) is -0.0590. The average Bonchev–Trinajstić information content (AvgIpc) is 2.74. The van der Waals surface area contributed by atoms with Gasteiger partial charge in [-0.1, -0.05) is 42.5 Å². The van der Waals surface area contributed by atoms with E-state index in [0.29, 0.717) is 26.1 Å². The zero-order valence-corrected chi connectivity index (χ0v) is 14.6. The van der Waals surface area contributed by atoms with E-state index in [0.717, 1.165) is 17.9 Å². The zero-order valence-electron chi connectivity index (χ0n) is 14.6. The fraction of sp³-hybridized carbons (Fsp3) is 0.350. The van der Waals surface area contributed by atoms with E-state index in [2.05, 4.69) is 27.2 Å². The van der Waals surface area contributed by atoms with E-state index in [-0.39, 0.29) is 5.91 Å². The molecular weight excluding hydrogens is 314 g/mol. The van der Waals surface area contributed by atoms with Crippen LogP contribution in [0.2, 0.25) is 0 Å². The van der Waals surface area contributed by atoms with Gasteiger partial charge < -0.3 is 15.3 Å². The lowest BCUT2D eigenvalue weighted by atomic mass is 10.2. The Labute approximate surface area is 148 Å². The van der Waals surface area contributed by atoms with E-state index in [9.17, 15) is 9.90 Å². The fourth-order valence-electron chi connectivity index (χ4n) is 3.25. The molecule has 0 saturated heterocycles. The molecule has 5 heteroatoms. The number of carbonyl (C=O) groups is 1. The molecular formula is C20H25N3O2. The Hall–Kier alpha value is -2.37. The Balaban J connectivity index is 1.60. The average molecular weight is 339 g/mol. The molecule has 1 aliphatic heterocycles. The molecule has 2 N–H and O–H groups in total.